The van der Waals surface area contributed by atoms with Crippen LogP contribution in [0, 0.1) is 0 Å². The van der Waals surface area contributed by atoms with Gasteiger partial charge in [0.05, 0.1) is 5.60 Å². The molecule has 8 heteroatoms. The number of rotatable bonds is 3. The molecule has 20 heavy (non-hydrogen) atoms. The van der Waals surface area contributed by atoms with E-state index in [9.17, 15) is 18.0 Å². The van der Waals surface area contributed by atoms with Gasteiger partial charge in [-0.25, -0.2) is 4.79 Å². The van der Waals surface area contributed by atoms with Crippen molar-refractivity contribution in [3.63, 3.8) is 0 Å². The van der Waals surface area contributed by atoms with Crippen LogP contribution in [0.25, 0.3) is 0 Å². The van der Waals surface area contributed by atoms with Crippen molar-refractivity contribution >= 4 is 17.7 Å². The highest BCUT2D eigenvalue weighted by Gasteiger charge is 2.58. The predicted molar refractivity (Wildman–Crippen MR) is 68.9 cm³/mol. The van der Waals surface area contributed by atoms with Crippen molar-refractivity contribution in [2.45, 2.75) is 49.5 Å². The molecule has 116 valence electrons. The van der Waals surface area contributed by atoms with Gasteiger partial charge in [0.25, 0.3) is 0 Å². The minimum atomic E-state index is -4.84. The molecule has 2 aliphatic rings. The van der Waals surface area contributed by atoms with Gasteiger partial charge in [-0.05, 0) is 31.9 Å². The summed E-state index contributed by atoms with van der Waals surface area (Å²) in [5.74, 6) is -0.199. The lowest BCUT2D eigenvalue weighted by atomic mass is 9.88. The third-order valence-electron chi connectivity index (χ3n) is 4.05. The smallest absolute Gasteiger partial charge is 0.417 e. The molecular formula is C12H18F3NO3S. The Morgan fingerprint density at radius 1 is 1.50 bits per heavy atom. The normalized spacial score (nSPS) is 34.1. The van der Waals surface area contributed by atoms with Gasteiger partial charge in [0.2, 0.25) is 5.54 Å². The van der Waals surface area contributed by atoms with Gasteiger partial charge >= 0.3 is 12.1 Å². The quantitative estimate of drug-likeness (QED) is 0.835. The van der Waals surface area contributed by atoms with Crippen molar-refractivity contribution in [3.8, 4) is 0 Å². The molecule has 0 aromatic heterocycles. The van der Waals surface area contributed by atoms with Crippen LogP contribution in [-0.2, 0) is 9.53 Å². The van der Waals surface area contributed by atoms with Crippen molar-refractivity contribution in [1.82, 2.24) is 5.32 Å². The van der Waals surface area contributed by atoms with Crippen molar-refractivity contribution in [1.29, 1.82) is 0 Å². The van der Waals surface area contributed by atoms with E-state index in [2.05, 4.69) is 5.32 Å². The van der Waals surface area contributed by atoms with Gasteiger partial charge in [0.15, 0.2) is 0 Å². The summed E-state index contributed by atoms with van der Waals surface area (Å²) >= 11 is 1.72. The molecule has 0 bridgehead atoms. The number of carboxylic acids is 1. The zero-order valence-electron chi connectivity index (χ0n) is 11.1. The maximum atomic E-state index is 13.0. The second kappa shape index (κ2) is 5.38. The number of hydrogen-bond donors (Lipinski definition) is 2. The first-order chi connectivity index (χ1) is 9.19. The molecule has 2 saturated heterocycles. The van der Waals surface area contributed by atoms with E-state index in [0.717, 1.165) is 17.9 Å². The van der Waals surface area contributed by atoms with Crippen LogP contribution in [0.15, 0.2) is 0 Å². The molecule has 2 fully saturated rings. The zero-order chi connectivity index (χ0) is 15.0. The average molecular weight is 313 g/mol. The highest BCUT2D eigenvalue weighted by molar-refractivity contribution is 7.99. The molecule has 2 heterocycles. The van der Waals surface area contributed by atoms with Gasteiger partial charge in [-0.2, -0.15) is 24.9 Å². The summed E-state index contributed by atoms with van der Waals surface area (Å²) in [4.78, 5) is 11.0. The Labute approximate surface area is 119 Å². The van der Waals surface area contributed by atoms with Gasteiger partial charge in [-0.3, -0.25) is 5.32 Å². The molecule has 0 radical (unpaired) electrons. The second-order valence-electron chi connectivity index (χ2n) is 5.60. The van der Waals surface area contributed by atoms with E-state index in [-0.39, 0.29) is 5.60 Å². The zero-order valence-corrected chi connectivity index (χ0v) is 11.9. The Kier molecular flexibility index (Phi) is 4.28. The van der Waals surface area contributed by atoms with Crippen LogP contribution in [0.4, 0.5) is 13.2 Å². The van der Waals surface area contributed by atoms with Crippen LogP contribution in [0.5, 0.6) is 0 Å². The molecule has 2 N–H and O–H groups in total. The minimum Gasteiger partial charge on any atom is -0.480 e. The largest absolute Gasteiger partial charge is 0.480 e. The third-order valence-corrected chi connectivity index (χ3v) is 5.27. The van der Waals surface area contributed by atoms with Crippen LogP contribution in [0.1, 0.15) is 26.2 Å². The summed E-state index contributed by atoms with van der Waals surface area (Å²) in [6, 6.07) is -0.495. The van der Waals surface area contributed by atoms with E-state index in [1.165, 1.54) is 0 Å². The highest BCUT2D eigenvalue weighted by atomic mass is 32.2. The molecule has 2 aliphatic heterocycles. The molecule has 3 unspecified atom stereocenters. The number of ether oxygens (including phenoxy) is 1. The molecule has 0 aromatic rings. The first-order valence-corrected chi connectivity index (χ1v) is 7.64. The van der Waals surface area contributed by atoms with Crippen molar-refractivity contribution in [2.75, 3.05) is 18.1 Å². The number of hydrogen-bond acceptors (Lipinski definition) is 4. The summed E-state index contributed by atoms with van der Waals surface area (Å²) in [7, 11) is 0. The maximum absolute atomic E-state index is 13.0. The summed E-state index contributed by atoms with van der Waals surface area (Å²) in [5.41, 5.74) is -3.30. The Hall–Kier alpha value is -0.470. The maximum Gasteiger partial charge on any atom is 0.417 e. The fourth-order valence-corrected chi connectivity index (χ4v) is 4.07. The molecule has 1 spiro atoms. The van der Waals surface area contributed by atoms with Crippen LogP contribution in [-0.4, -0.2) is 52.5 Å². The molecule has 0 saturated carbocycles. The first kappa shape index (κ1) is 15.9. The Morgan fingerprint density at radius 3 is 2.70 bits per heavy atom. The van der Waals surface area contributed by atoms with E-state index >= 15 is 0 Å². The fraction of sp³-hybridized carbons (Fsp3) is 0.917. The van der Waals surface area contributed by atoms with E-state index in [4.69, 9.17) is 9.84 Å². The molecule has 3 atom stereocenters. The third kappa shape index (κ3) is 2.92. The van der Waals surface area contributed by atoms with Gasteiger partial charge in [-0.15, -0.1) is 0 Å². The van der Waals surface area contributed by atoms with E-state index in [1.54, 1.807) is 11.8 Å². The first-order valence-electron chi connectivity index (χ1n) is 6.48. The summed E-state index contributed by atoms with van der Waals surface area (Å²) in [6.07, 6.45) is -3.20. The predicted octanol–water partition coefficient (Wildman–Crippen LogP) is 2.04. The van der Waals surface area contributed by atoms with Gasteiger partial charge in [-0.1, -0.05) is 0 Å². The van der Waals surface area contributed by atoms with Crippen LogP contribution in [0.3, 0.4) is 0 Å². The van der Waals surface area contributed by atoms with Gasteiger partial charge in [0, 0.05) is 18.4 Å². The topological polar surface area (TPSA) is 58.6 Å². The number of alkyl halides is 3. The lowest BCUT2D eigenvalue weighted by Gasteiger charge is -2.41. The standard InChI is InChI=1S/C12H18F3NO3S/c1-10(9(17)18,12(13,14)15)16-8-2-4-19-11(6-8)3-5-20-7-11/h8,16H,2-7H2,1H3,(H,17,18). The lowest BCUT2D eigenvalue weighted by molar-refractivity contribution is -0.210. The SMILES string of the molecule is CC(NC1CCOC2(CCSC2)C1)(C(=O)O)C(F)(F)F. The molecular weight excluding hydrogens is 295 g/mol. The summed E-state index contributed by atoms with van der Waals surface area (Å²) in [5, 5.41) is 11.2. The monoisotopic (exact) mass is 313 g/mol. The van der Waals surface area contributed by atoms with E-state index < -0.39 is 23.7 Å². The summed E-state index contributed by atoms with van der Waals surface area (Å²) < 4.78 is 44.7. The molecule has 0 amide bonds. The number of thioether (sulfide) groups is 1. The number of halogens is 3. The van der Waals surface area contributed by atoms with E-state index in [0.29, 0.717) is 26.4 Å². The molecule has 0 aromatic carbocycles. The fourth-order valence-electron chi connectivity index (χ4n) is 2.69. The van der Waals surface area contributed by atoms with E-state index in [1.807, 2.05) is 0 Å². The number of carboxylic acid groups (broad SMARTS) is 1. The Morgan fingerprint density at radius 2 is 2.20 bits per heavy atom. The number of carbonyl (C=O) groups is 1. The van der Waals surface area contributed by atoms with Crippen LogP contribution >= 0.6 is 11.8 Å². The number of nitrogens with one attached hydrogen (secondary N) is 1. The molecule has 4 nitrogen and oxygen atoms in total. The number of aliphatic carboxylic acids is 1. The second-order valence-corrected chi connectivity index (χ2v) is 6.70. The van der Waals surface area contributed by atoms with Gasteiger partial charge < -0.3 is 9.84 Å². The highest BCUT2D eigenvalue weighted by Crippen LogP contribution is 2.39. The Bertz CT molecular complexity index is 385. The molecule has 0 aliphatic carbocycles. The van der Waals surface area contributed by atoms with Crippen molar-refractivity contribution in [2.24, 2.45) is 0 Å². The minimum absolute atomic E-state index is 0.367. The average Bonchev–Trinajstić information content (AvgIpc) is 2.75. The van der Waals surface area contributed by atoms with Crippen LogP contribution in [0.2, 0.25) is 0 Å². The van der Waals surface area contributed by atoms with Crippen LogP contribution < -0.4 is 5.32 Å². The van der Waals surface area contributed by atoms with Crippen molar-refractivity contribution < 1.29 is 27.8 Å². The molecule has 2 rings (SSSR count). The van der Waals surface area contributed by atoms with Gasteiger partial charge in [0.1, 0.15) is 0 Å². The Balaban J connectivity index is 2.09. The van der Waals surface area contributed by atoms with Crippen molar-refractivity contribution in [3.05, 3.63) is 0 Å². The summed E-state index contributed by atoms with van der Waals surface area (Å²) in [6.45, 7) is 1.05. The lowest BCUT2D eigenvalue weighted by Crippen LogP contribution is -2.64.